The van der Waals surface area contributed by atoms with Crippen LogP contribution in [-0.4, -0.2) is 9.13 Å². The Labute approximate surface area is 246 Å². The van der Waals surface area contributed by atoms with E-state index >= 15 is 0 Å². The van der Waals surface area contributed by atoms with Crippen LogP contribution in [0.4, 0.5) is 0 Å². The maximum Gasteiger partial charge on any atom is 0.0558 e. The van der Waals surface area contributed by atoms with Gasteiger partial charge in [-0.15, -0.1) is 0 Å². The second-order valence-corrected chi connectivity index (χ2v) is 11.9. The second kappa shape index (κ2) is 8.96. The Hall–Kier alpha value is -5.08. The summed E-state index contributed by atoms with van der Waals surface area (Å²) < 4.78 is 4.84. The van der Waals surface area contributed by atoms with E-state index in [1.54, 1.807) is 0 Å². The maximum absolute atomic E-state index is 4.15. The van der Waals surface area contributed by atoms with Crippen molar-refractivity contribution in [1.29, 1.82) is 0 Å². The number of hydrogen-bond donors (Lipinski definition) is 0. The highest BCUT2D eigenvalue weighted by molar-refractivity contribution is 6.12. The van der Waals surface area contributed by atoms with Crippen molar-refractivity contribution in [2.45, 2.75) is 26.2 Å². The number of hydrogen-bond acceptors (Lipinski definition) is 0. The molecule has 8 rings (SSSR count). The quantitative estimate of drug-likeness (QED) is 0.197. The van der Waals surface area contributed by atoms with Gasteiger partial charge in [0.2, 0.25) is 0 Å². The van der Waals surface area contributed by atoms with Gasteiger partial charge in [0.1, 0.15) is 0 Å². The normalized spacial score (nSPS) is 14.0. The predicted octanol–water partition coefficient (Wildman–Crippen LogP) is 10.4. The van der Waals surface area contributed by atoms with Crippen LogP contribution in [0.3, 0.4) is 0 Å². The summed E-state index contributed by atoms with van der Waals surface area (Å²) in [6.45, 7) is 11.1. The van der Waals surface area contributed by atoms with E-state index in [1.165, 1.54) is 71.9 Å². The molecule has 0 atom stereocenters. The molecular weight excluding hydrogens is 508 g/mol. The van der Waals surface area contributed by atoms with E-state index in [9.17, 15) is 0 Å². The molecule has 0 saturated heterocycles. The monoisotopic (exact) mass is 540 g/mol. The number of nitrogens with zero attached hydrogens (tertiary/aromatic N) is 2. The van der Waals surface area contributed by atoms with Crippen LogP contribution in [0.2, 0.25) is 0 Å². The summed E-state index contributed by atoms with van der Waals surface area (Å²) in [5.74, 6) is 0. The van der Waals surface area contributed by atoms with Crippen molar-refractivity contribution >= 4 is 38.4 Å². The van der Waals surface area contributed by atoms with Crippen molar-refractivity contribution in [3.63, 3.8) is 0 Å². The molecule has 2 nitrogen and oxygen atoms in total. The van der Waals surface area contributed by atoms with Gasteiger partial charge in [-0.1, -0.05) is 111 Å². The highest BCUT2D eigenvalue weighted by atomic mass is 15.0. The third-order valence-corrected chi connectivity index (χ3v) is 9.29. The molecular formula is C40H32N2. The zero-order valence-electron chi connectivity index (χ0n) is 24.2. The fourth-order valence-corrected chi connectivity index (χ4v) is 7.43. The minimum absolute atomic E-state index is 0.0141. The summed E-state index contributed by atoms with van der Waals surface area (Å²) in [5, 5.41) is 3.74. The van der Waals surface area contributed by atoms with Crippen LogP contribution in [0.1, 0.15) is 36.2 Å². The van der Waals surface area contributed by atoms with Gasteiger partial charge in [-0.3, -0.25) is 0 Å². The molecule has 1 aliphatic carbocycles. The molecule has 0 radical (unpaired) electrons. The van der Waals surface area contributed by atoms with Crippen LogP contribution in [0.25, 0.3) is 55.2 Å². The minimum atomic E-state index is -0.0141. The Morgan fingerprint density at radius 3 is 1.90 bits per heavy atom. The van der Waals surface area contributed by atoms with Gasteiger partial charge in [0.05, 0.1) is 22.2 Å². The van der Waals surface area contributed by atoms with Crippen LogP contribution >= 0.6 is 0 Å². The fourth-order valence-electron chi connectivity index (χ4n) is 7.43. The largest absolute Gasteiger partial charge is 0.313 e. The summed E-state index contributed by atoms with van der Waals surface area (Å²) in [7, 11) is 0. The molecule has 0 spiro atoms. The molecule has 0 amide bonds. The molecule has 0 fully saturated rings. The smallest absolute Gasteiger partial charge is 0.0558 e. The van der Waals surface area contributed by atoms with Crippen molar-refractivity contribution in [3.05, 3.63) is 156 Å². The highest BCUT2D eigenvalue weighted by Crippen LogP contribution is 2.49. The Kier molecular flexibility index (Phi) is 5.27. The number of aromatic nitrogens is 2. The van der Waals surface area contributed by atoms with Crippen molar-refractivity contribution in [1.82, 2.24) is 9.13 Å². The molecule has 2 aromatic heterocycles. The van der Waals surface area contributed by atoms with Crippen LogP contribution < -0.4 is 0 Å². The van der Waals surface area contributed by atoms with E-state index in [0.29, 0.717) is 0 Å². The lowest BCUT2D eigenvalue weighted by atomic mass is 9.82. The molecule has 202 valence electrons. The first-order valence-corrected chi connectivity index (χ1v) is 14.7. The molecule has 42 heavy (non-hydrogen) atoms. The van der Waals surface area contributed by atoms with E-state index in [-0.39, 0.29) is 5.41 Å². The number of allylic oxidation sites excluding steroid dienone is 2. The van der Waals surface area contributed by atoms with Crippen LogP contribution in [0.5, 0.6) is 0 Å². The van der Waals surface area contributed by atoms with Gasteiger partial charge in [0.15, 0.2) is 0 Å². The lowest BCUT2D eigenvalue weighted by molar-refractivity contribution is 0.660. The summed E-state index contributed by atoms with van der Waals surface area (Å²) in [6.07, 6.45) is 4.08. The minimum Gasteiger partial charge on any atom is -0.313 e. The van der Waals surface area contributed by atoms with Gasteiger partial charge in [-0.2, -0.15) is 0 Å². The number of benzene rings is 5. The molecule has 5 aromatic carbocycles. The van der Waals surface area contributed by atoms with E-state index in [1.807, 2.05) is 6.08 Å². The molecule has 0 aliphatic heterocycles. The first-order chi connectivity index (χ1) is 20.5. The Balaban J connectivity index is 1.42. The van der Waals surface area contributed by atoms with Crippen LogP contribution in [0, 0.1) is 6.92 Å². The summed E-state index contributed by atoms with van der Waals surface area (Å²) >= 11 is 0. The predicted molar refractivity (Wildman–Crippen MR) is 179 cm³/mol. The average molecular weight is 541 g/mol. The first-order valence-electron chi connectivity index (χ1n) is 14.7. The van der Waals surface area contributed by atoms with Gasteiger partial charge in [0, 0.05) is 38.5 Å². The highest BCUT2D eigenvalue weighted by Gasteiger charge is 2.35. The molecule has 0 N–H and O–H groups in total. The van der Waals surface area contributed by atoms with Crippen LogP contribution in [0.15, 0.2) is 134 Å². The van der Waals surface area contributed by atoms with E-state index in [2.05, 4.69) is 158 Å². The van der Waals surface area contributed by atoms with E-state index < -0.39 is 0 Å². The van der Waals surface area contributed by atoms with E-state index in [4.69, 9.17) is 0 Å². The maximum atomic E-state index is 4.15. The Morgan fingerprint density at radius 2 is 1.21 bits per heavy atom. The molecule has 7 aromatic rings. The summed E-state index contributed by atoms with van der Waals surface area (Å²) in [5.41, 5.74) is 13.8. The first kappa shape index (κ1) is 24.7. The van der Waals surface area contributed by atoms with Gasteiger partial charge in [0.25, 0.3) is 0 Å². The number of para-hydroxylation sites is 3. The molecule has 0 saturated carbocycles. The number of fused-ring (bicyclic) bond motifs is 7. The molecule has 0 bridgehead atoms. The third-order valence-electron chi connectivity index (χ3n) is 9.29. The second-order valence-electron chi connectivity index (χ2n) is 11.9. The number of rotatable bonds is 4. The van der Waals surface area contributed by atoms with Crippen molar-refractivity contribution in [2.24, 2.45) is 0 Å². The standard InChI is InChI=1S/C40H32N2/c1-5-14-38(42-35-20-11-7-16-29(35)30-17-8-12-21-36(30)42)39-26(2)41(37-22-13-9-18-31(37)39)27-23-24-34-32(25-27)28-15-6-10-19-33(28)40(34,3)4/h5-25H,1H2,2-4H3/b38-14+. The van der Waals surface area contributed by atoms with Crippen molar-refractivity contribution < 1.29 is 0 Å². The lowest BCUT2D eigenvalue weighted by Gasteiger charge is -2.21. The third kappa shape index (κ3) is 3.27. The van der Waals surface area contributed by atoms with E-state index in [0.717, 1.165) is 5.70 Å². The van der Waals surface area contributed by atoms with Gasteiger partial charge in [-0.05, 0) is 65.6 Å². The van der Waals surface area contributed by atoms with Crippen molar-refractivity contribution in [2.75, 3.05) is 0 Å². The molecule has 2 heterocycles. The van der Waals surface area contributed by atoms with Gasteiger partial charge in [-0.25, -0.2) is 0 Å². The zero-order chi connectivity index (χ0) is 28.6. The molecule has 2 heteroatoms. The zero-order valence-corrected chi connectivity index (χ0v) is 24.2. The van der Waals surface area contributed by atoms with Crippen molar-refractivity contribution in [3.8, 4) is 16.8 Å². The molecule has 0 unspecified atom stereocenters. The Morgan fingerprint density at radius 1 is 0.643 bits per heavy atom. The Bertz CT molecular complexity index is 2200. The van der Waals surface area contributed by atoms with Crippen LogP contribution in [-0.2, 0) is 5.41 Å². The van der Waals surface area contributed by atoms with Gasteiger partial charge >= 0.3 is 0 Å². The van der Waals surface area contributed by atoms with Gasteiger partial charge < -0.3 is 9.13 Å². The lowest BCUT2D eigenvalue weighted by Crippen LogP contribution is -2.14. The SMILES string of the molecule is C=C/C=C(\c1c(C)n(-c2ccc3c(c2)-c2ccccc2C3(C)C)c2ccccc12)n1c2ccccc2c2ccccc21. The topological polar surface area (TPSA) is 9.86 Å². The summed E-state index contributed by atoms with van der Waals surface area (Å²) in [6, 6.07) is 42.1. The molecule has 1 aliphatic rings. The average Bonchev–Trinajstić information content (AvgIpc) is 3.59. The fraction of sp³-hybridized carbons (Fsp3) is 0.100. The summed E-state index contributed by atoms with van der Waals surface area (Å²) in [4.78, 5) is 0.